The van der Waals surface area contributed by atoms with Crippen LogP contribution in [0.25, 0.3) is 99.9 Å². The van der Waals surface area contributed by atoms with Gasteiger partial charge < -0.3 is 29.7 Å². The van der Waals surface area contributed by atoms with E-state index in [1.54, 1.807) is 43.2 Å². The summed E-state index contributed by atoms with van der Waals surface area (Å²) in [7, 11) is 9.56. The highest BCUT2D eigenvalue weighted by molar-refractivity contribution is 6.05. The number of aromatic nitrogens is 8. The summed E-state index contributed by atoms with van der Waals surface area (Å²) in [6.07, 6.45) is 4.22. The molecule has 0 atom stereocenters. The number of hydrogen-bond donors (Lipinski definition) is 3. The fourth-order valence-electron chi connectivity index (χ4n) is 13.6. The molecule has 0 spiro atoms. The van der Waals surface area contributed by atoms with Gasteiger partial charge in [-0.3, -0.25) is 14.7 Å². The Bertz CT molecular complexity index is 4710. The van der Waals surface area contributed by atoms with Crippen LogP contribution in [-0.2, 0) is 40.8 Å². The number of benzene rings is 9. The number of carbonyl (C=O) groups is 3. The molecule has 19 heteroatoms. The summed E-state index contributed by atoms with van der Waals surface area (Å²) in [5.74, 6) is -2.95. The first-order chi connectivity index (χ1) is 47.0. The predicted molar refractivity (Wildman–Crippen MR) is 381 cm³/mol. The first-order valence-corrected chi connectivity index (χ1v) is 33.0. The molecule has 19 nitrogen and oxygen atoms in total. The van der Waals surface area contributed by atoms with Crippen molar-refractivity contribution < 1.29 is 29.7 Å². The summed E-state index contributed by atoms with van der Waals surface area (Å²) in [5, 5.41) is 46.0. The normalized spacial score (nSPS) is 14.9. The van der Waals surface area contributed by atoms with Crippen molar-refractivity contribution in [1.82, 2.24) is 64.0 Å². The number of piperazine rings is 2. The van der Waals surface area contributed by atoms with Crippen molar-refractivity contribution in [2.75, 3.05) is 79.5 Å². The number of likely N-dealkylation sites (tertiary alicyclic amines) is 1. The van der Waals surface area contributed by atoms with Gasteiger partial charge in [0, 0.05) is 93.1 Å². The summed E-state index contributed by atoms with van der Waals surface area (Å²) < 4.78 is 1.75. The zero-order valence-electron chi connectivity index (χ0n) is 55.4. The van der Waals surface area contributed by atoms with Crippen molar-refractivity contribution in [3.8, 4) is 66.8 Å². The molecule has 97 heavy (non-hydrogen) atoms. The molecule has 3 N–H and O–H groups in total. The minimum Gasteiger partial charge on any atom is -0.478 e. The lowest BCUT2D eigenvalue weighted by Gasteiger charge is -2.32. The topological polar surface area (TPSA) is 207 Å². The van der Waals surface area contributed by atoms with E-state index in [4.69, 9.17) is 0 Å². The Hall–Kier alpha value is -10.5. The van der Waals surface area contributed by atoms with E-state index in [2.05, 4.69) is 185 Å². The molecule has 3 aliphatic heterocycles. The largest absolute Gasteiger partial charge is 0.478 e. The van der Waals surface area contributed by atoms with Crippen LogP contribution in [-0.4, -0.2) is 177 Å². The van der Waals surface area contributed by atoms with E-state index in [-0.39, 0.29) is 16.7 Å². The maximum Gasteiger partial charge on any atom is 0.338 e. The van der Waals surface area contributed by atoms with Gasteiger partial charge in [0.2, 0.25) is 0 Å². The number of aryl methyl sites for hydroxylation is 3. The average Bonchev–Trinajstić information content (AvgIpc) is 1.71. The summed E-state index contributed by atoms with van der Waals surface area (Å²) in [6.45, 7) is 14.0. The molecule has 3 saturated heterocycles. The van der Waals surface area contributed by atoms with Gasteiger partial charge in [0.15, 0.2) is 0 Å². The molecular weight excluding hydrogens is 1210 g/mol. The Labute approximate surface area is 563 Å². The van der Waals surface area contributed by atoms with Crippen LogP contribution < -0.4 is 0 Å². The van der Waals surface area contributed by atoms with E-state index in [1.165, 1.54) is 74.5 Å². The zero-order chi connectivity index (χ0) is 67.3. The second-order valence-corrected chi connectivity index (χ2v) is 25.7. The van der Waals surface area contributed by atoms with Crippen LogP contribution in [0.1, 0.15) is 60.6 Å². The monoisotopic (exact) mass is 1290 g/mol. The van der Waals surface area contributed by atoms with Crippen molar-refractivity contribution in [2.24, 2.45) is 21.1 Å². The zero-order valence-corrected chi connectivity index (χ0v) is 55.4. The second kappa shape index (κ2) is 28.8. The third-order valence-electron chi connectivity index (χ3n) is 18.9. The van der Waals surface area contributed by atoms with E-state index >= 15 is 0 Å². The van der Waals surface area contributed by atoms with Gasteiger partial charge in [-0.1, -0.05) is 146 Å². The third-order valence-corrected chi connectivity index (χ3v) is 18.9. The molecule has 0 bridgehead atoms. The van der Waals surface area contributed by atoms with Gasteiger partial charge in [0.25, 0.3) is 0 Å². The predicted octanol–water partition coefficient (Wildman–Crippen LogP) is 12.7. The lowest BCUT2D eigenvalue weighted by molar-refractivity contribution is 0.0688. The highest BCUT2D eigenvalue weighted by Gasteiger charge is 2.22. The van der Waals surface area contributed by atoms with Crippen LogP contribution in [0, 0.1) is 0 Å². The number of nitrogens with zero attached hydrogens (tertiary/aromatic N) is 13. The van der Waals surface area contributed by atoms with E-state index < -0.39 is 17.9 Å². The van der Waals surface area contributed by atoms with Gasteiger partial charge >= 0.3 is 17.9 Å². The number of rotatable bonds is 15. The first kappa shape index (κ1) is 65.1. The van der Waals surface area contributed by atoms with E-state index in [9.17, 15) is 29.7 Å². The standard InChI is InChI=1S/C27H28N4O2.C26H27N5O2.C25H24N4O2/c1-29-11-13-31(14-12-29)17-21-5-3-4-6-23(21)20-9-7-19(8-10-20)22-15-24(27(32)33)26-25(16-22)28-18-30(26)2;1-29-11-13-31(14-12-29)17-20-5-3-4-6-22(20)19-9-7-18(8-10-19)21-15-23(26(32)33)25-24(16-21)27-30(2)28-25;1-28-26-23-15-20(14-22(25(30)31)24(23)27-28)17-8-10-18(11-9-17)21-7-3-2-6-19(21)16-29-12-4-5-13-29/h3-10,15-16,18H,11-14,17H2,1-2H3,(H,32,33);3-10,15-16H,11-14,17H2,1-2H3,(H,32,33);2-3,6-11,14-15H,4-5,12-13,16H2,1H3,(H,30,31). The SMILES string of the molecule is CN1CCN(Cc2ccccc2-c2ccc(-c3cc(C(=O)O)c4c(c3)ncn4C)cc2)CC1.CN1CCN(Cc2ccccc2-c2ccc(-c3cc(C(=O)O)c4nn(C)nc4c3)cc2)CC1.Cn1nc2cc(-c3ccc(-c4ccccc4CN4CCCC4)cc3)cc(C(=O)O)c2n1. The Balaban J connectivity index is 0.000000131. The van der Waals surface area contributed by atoms with E-state index in [0.29, 0.717) is 33.1 Å². The summed E-state index contributed by atoms with van der Waals surface area (Å²) in [4.78, 5) is 54.9. The number of likely N-dealkylation sites (N-methyl/N-ethyl adjacent to an activating group) is 2. The highest BCUT2D eigenvalue weighted by Crippen LogP contribution is 2.35. The Morgan fingerprint density at radius 1 is 0.351 bits per heavy atom. The molecule has 3 fully saturated rings. The number of aromatic carboxylic acids is 3. The first-order valence-electron chi connectivity index (χ1n) is 33.0. The van der Waals surface area contributed by atoms with Crippen molar-refractivity contribution >= 4 is 51.0 Å². The highest BCUT2D eigenvalue weighted by atomic mass is 16.4. The molecule has 492 valence electrons. The quantitative estimate of drug-likeness (QED) is 0.0872. The van der Waals surface area contributed by atoms with Crippen LogP contribution >= 0.6 is 0 Å². The number of carboxylic acids is 3. The van der Waals surface area contributed by atoms with E-state index in [1.807, 2.05) is 49.5 Å². The minimum absolute atomic E-state index is 0.164. The number of hydrogen-bond acceptors (Lipinski definition) is 13. The molecule has 3 aliphatic rings. The number of fused-ring (bicyclic) bond motifs is 3. The molecule has 0 radical (unpaired) electrons. The fraction of sp³-hybridized carbons (Fsp3) is 0.256. The molecule has 6 heterocycles. The molecule has 9 aromatic carbocycles. The van der Waals surface area contributed by atoms with Gasteiger partial charge in [0.1, 0.15) is 22.1 Å². The Morgan fingerprint density at radius 3 is 1.03 bits per heavy atom. The van der Waals surface area contributed by atoms with Crippen LogP contribution in [0.3, 0.4) is 0 Å². The van der Waals surface area contributed by atoms with E-state index in [0.717, 1.165) is 116 Å². The lowest BCUT2D eigenvalue weighted by Crippen LogP contribution is -2.43. The smallest absolute Gasteiger partial charge is 0.338 e. The molecule has 0 saturated carbocycles. The average molecular weight is 1290 g/mol. The van der Waals surface area contributed by atoms with Crippen molar-refractivity contribution in [1.29, 1.82) is 0 Å². The Morgan fingerprint density at radius 2 is 0.670 bits per heavy atom. The molecular formula is C78H79N13O6. The molecule has 0 unspecified atom stereocenters. The summed E-state index contributed by atoms with van der Waals surface area (Å²) >= 11 is 0. The van der Waals surface area contributed by atoms with Crippen LogP contribution in [0.4, 0.5) is 0 Å². The van der Waals surface area contributed by atoms with Gasteiger partial charge in [-0.25, -0.2) is 19.4 Å². The van der Waals surface area contributed by atoms with Crippen molar-refractivity contribution in [3.05, 3.63) is 222 Å². The van der Waals surface area contributed by atoms with Crippen molar-refractivity contribution in [2.45, 2.75) is 32.5 Å². The summed E-state index contributed by atoms with van der Waals surface area (Å²) in [6, 6.07) is 61.6. The second-order valence-electron chi connectivity index (χ2n) is 25.7. The molecule has 15 rings (SSSR count). The van der Waals surface area contributed by atoms with Gasteiger partial charge in [-0.15, -0.1) is 0 Å². The molecule has 0 amide bonds. The molecule has 0 aliphatic carbocycles. The fourth-order valence-corrected chi connectivity index (χ4v) is 13.6. The lowest BCUT2D eigenvalue weighted by atomic mass is 9.95. The van der Waals surface area contributed by atoms with Crippen LogP contribution in [0.2, 0.25) is 0 Å². The minimum atomic E-state index is -1.00. The molecule has 3 aromatic heterocycles. The third kappa shape index (κ3) is 14.8. The number of carboxylic acid groups (broad SMARTS) is 3. The maximum atomic E-state index is 11.9. The van der Waals surface area contributed by atoms with Gasteiger partial charge in [-0.05, 0) is 160 Å². The van der Waals surface area contributed by atoms with Crippen LogP contribution in [0.5, 0.6) is 0 Å². The van der Waals surface area contributed by atoms with Crippen LogP contribution in [0.15, 0.2) is 188 Å². The van der Waals surface area contributed by atoms with Crippen molar-refractivity contribution in [3.63, 3.8) is 0 Å². The van der Waals surface area contributed by atoms with Gasteiger partial charge in [-0.2, -0.15) is 30.0 Å². The Kier molecular flexibility index (Phi) is 19.3. The summed E-state index contributed by atoms with van der Waals surface area (Å²) in [5.41, 5.74) is 20.5. The number of imidazole rings is 1. The maximum absolute atomic E-state index is 11.9. The van der Waals surface area contributed by atoms with Gasteiger partial charge in [0.05, 0.1) is 34.1 Å². The molecule has 12 aromatic rings.